The van der Waals surface area contributed by atoms with Crippen molar-refractivity contribution in [2.45, 2.75) is 58.1 Å². The van der Waals surface area contributed by atoms with Crippen LogP contribution in [0.5, 0.6) is 23.0 Å². The Bertz CT molecular complexity index is 1270. The molecule has 2 amide bonds. The molecule has 0 aromatic heterocycles. The Labute approximate surface area is 235 Å². The van der Waals surface area contributed by atoms with E-state index in [4.69, 9.17) is 14.2 Å². The number of thioether (sulfide) groups is 1. The van der Waals surface area contributed by atoms with Gasteiger partial charge in [-0.25, -0.2) is 0 Å². The van der Waals surface area contributed by atoms with Crippen molar-refractivity contribution < 1.29 is 23.8 Å². The highest BCUT2D eigenvalue weighted by Gasteiger charge is 2.45. The van der Waals surface area contributed by atoms with Gasteiger partial charge in [-0.15, -0.1) is 0 Å². The molecule has 0 saturated carbocycles. The maximum atomic E-state index is 12.2. The zero-order valence-corrected chi connectivity index (χ0v) is 23.9. The summed E-state index contributed by atoms with van der Waals surface area (Å²) in [6.07, 6.45) is 3.70. The first-order chi connectivity index (χ1) is 18.8. The minimum absolute atomic E-state index is 0.291. The van der Waals surface area contributed by atoms with Crippen LogP contribution in [0.4, 0.5) is 4.79 Å². The Hall–Kier alpha value is -3.45. The molecule has 1 atom stereocenters. The monoisotopic (exact) mass is 547 g/mol. The summed E-state index contributed by atoms with van der Waals surface area (Å²) in [7, 11) is 0. The highest BCUT2D eigenvalue weighted by Crippen LogP contribution is 2.41. The fraction of sp³-hybridized carbons (Fsp3) is 0.375. The third kappa shape index (κ3) is 7.57. The third-order valence-corrected chi connectivity index (χ3v) is 7.64. The van der Waals surface area contributed by atoms with Crippen LogP contribution >= 0.6 is 11.8 Å². The van der Waals surface area contributed by atoms with Gasteiger partial charge in [-0.1, -0.05) is 51.5 Å². The molecule has 3 aromatic rings. The second-order valence-corrected chi connectivity index (χ2v) is 11.7. The lowest BCUT2D eigenvalue weighted by Gasteiger charge is -2.19. The molecule has 6 nitrogen and oxygen atoms in total. The van der Waals surface area contributed by atoms with E-state index < -0.39 is 4.75 Å². The summed E-state index contributed by atoms with van der Waals surface area (Å²) in [5.41, 5.74) is 3.22. The maximum Gasteiger partial charge on any atom is 0.287 e. The minimum Gasteiger partial charge on any atom is -0.493 e. The minimum atomic E-state index is -0.904. The predicted molar refractivity (Wildman–Crippen MR) is 156 cm³/mol. The fourth-order valence-corrected chi connectivity index (χ4v) is 5.40. The molecule has 0 spiro atoms. The molecule has 39 heavy (non-hydrogen) atoms. The van der Waals surface area contributed by atoms with Gasteiger partial charge in [-0.05, 0) is 96.6 Å². The summed E-state index contributed by atoms with van der Waals surface area (Å²) in [4.78, 5) is 23.7. The highest BCUT2D eigenvalue weighted by molar-refractivity contribution is 8.15. The topological polar surface area (TPSA) is 73.9 Å². The first-order valence-corrected chi connectivity index (χ1v) is 14.4. The number of aryl methyl sites for hydroxylation is 1. The maximum absolute atomic E-state index is 12.2. The van der Waals surface area contributed by atoms with Gasteiger partial charge < -0.3 is 14.2 Å². The first-order valence-electron chi connectivity index (χ1n) is 13.6. The zero-order chi connectivity index (χ0) is 27.8. The first kappa shape index (κ1) is 28.6. The van der Waals surface area contributed by atoms with E-state index in [1.54, 1.807) is 6.92 Å². The predicted octanol–water partition coefficient (Wildman–Crippen LogP) is 7.68. The van der Waals surface area contributed by atoms with E-state index in [0.29, 0.717) is 24.9 Å². The number of ether oxygens (including phenoxy) is 3. The smallest absolute Gasteiger partial charge is 0.287 e. The van der Waals surface area contributed by atoms with Gasteiger partial charge in [-0.3, -0.25) is 14.9 Å². The number of imide groups is 1. The summed E-state index contributed by atoms with van der Waals surface area (Å²) in [5, 5.41) is 2.03. The highest BCUT2D eigenvalue weighted by atomic mass is 32.2. The summed E-state index contributed by atoms with van der Waals surface area (Å²) in [6, 6.07) is 21.6. The van der Waals surface area contributed by atoms with Gasteiger partial charge in [0.2, 0.25) is 5.91 Å². The molecule has 1 aliphatic heterocycles. The molecule has 0 radical (unpaired) electrons. The molecule has 0 aliphatic carbocycles. The molecule has 1 saturated heterocycles. The van der Waals surface area contributed by atoms with Crippen molar-refractivity contribution in [2.75, 3.05) is 13.2 Å². The van der Waals surface area contributed by atoms with Crippen LogP contribution in [-0.2, 0) is 22.4 Å². The van der Waals surface area contributed by atoms with E-state index in [0.717, 1.165) is 65.8 Å². The third-order valence-electron chi connectivity index (χ3n) is 6.52. The Morgan fingerprint density at radius 2 is 1.54 bits per heavy atom. The van der Waals surface area contributed by atoms with E-state index in [-0.39, 0.29) is 11.1 Å². The molecule has 1 unspecified atom stereocenters. The molecule has 206 valence electrons. The zero-order valence-electron chi connectivity index (χ0n) is 23.1. The SMILES string of the molecule is CCCc1cc(Oc2ccc(CC(C)C)cc2)ccc1OCCCOc1ccc(C2(C)SC(=O)NC2=O)cc1. The van der Waals surface area contributed by atoms with Crippen LogP contribution in [0.25, 0.3) is 0 Å². The average molecular weight is 548 g/mol. The van der Waals surface area contributed by atoms with Crippen LogP contribution in [0.1, 0.15) is 57.2 Å². The number of carbonyl (C=O) groups is 2. The van der Waals surface area contributed by atoms with Crippen molar-refractivity contribution in [3.05, 3.63) is 83.4 Å². The molecular formula is C32H37NO5S. The van der Waals surface area contributed by atoms with Crippen LogP contribution in [0, 0.1) is 5.92 Å². The molecule has 1 N–H and O–H groups in total. The number of hydrogen-bond acceptors (Lipinski definition) is 6. The molecule has 1 fully saturated rings. The van der Waals surface area contributed by atoms with Crippen molar-refractivity contribution in [3.8, 4) is 23.0 Å². The van der Waals surface area contributed by atoms with Crippen LogP contribution in [0.3, 0.4) is 0 Å². The Kier molecular flexibility index (Phi) is 9.57. The van der Waals surface area contributed by atoms with E-state index in [9.17, 15) is 9.59 Å². The Morgan fingerprint density at radius 1 is 0.872 bits per heavy atom. The Morgan fingerprint density at radius 3 is 2.18 bits per heavy atom. The lowest BCUT2D eigenvalue weighted by atomic mass is 9.99. The molecule has 1 aliphatic rings. The molecule has 7 heteroatoms. The normalized spacial score (nSPS) is 16.8. The fourth-order valence-electron chi connectivity index (χ4n) is 4.49. The molecular weight excluding hydrogens is 510 g/mol. The number of nitrogens with one attached hydrogen (secondary N) is 1. The van der Waals surface area contributed by atoms with E-state index >= 15 is 0 Å². The van der Waals surface area contributed by atoms with Gasteiger partial charge in [0.05, 0.1) is 13.2 Å². The lowest BCUT2D eigenvalue weighted by Crippen LogP contribution is -2.31. The van der Waals surface area contributed by atoms with E-state index in [1.807, 2.05) is 48.5 Å². The molecule has 3 aromatic carbocycles. The number of amides is 2. The van der Waals surface area contributed by atoms with Crippen LogP contribution in [-0.4, -0.2) is 24.4 Å². The van der Waals surface area contributed by atoms with Gasteiger partial charge in [0.1, 0.15) is 27.7 Å². The summed E-state index contributed by atoms with van der Waals surface area (Å²) < 4.78 is 17.2. The second kappa shape index (κ2) is 13.1. The molecule has 4 rings (SSSR count). The van der Waals surface area contributed by atoms with Crippen molar-refractivity contribution in [2.24, 2.45) is 5.92 Å². The van der Waals surface area contributed by atoms with Crippen LogP contribution in [0.2, 0.25) is 0 Å². The molecule has 0 bridgehead atoms. The van der Waals surface area contributed by atoms with E-state index in [2.05, 4.69) is 44.3 Å². The standard InChI is InChI=1S/C32H37NO5S/c1-5-7-24-21-28(38-27-12-8-23(9-13-27)20-22(2)3)16-17-29(24)37-19-6-18-36-26-14-10-25(11-15-26)32(4)30(34)33-31(35)39-32/h8-17,21-22H,5-7,18-20H2,1-4H3,(H,33,34,35). The van der Waals surface area contributed by atoms with Crippen LogP contribution < -0.4 is 19.5 Å². The Balaban J connectivity index is 1.26. The van der Waals surface area contributed by atoms with Gasteiger partial charge in [-0.2, -0.15) is 0 Å². The summed E-state index contributed by atoms with van der Waals surface area (Å²) in [6.45, 7) is 9.38. The second-order valence-electron chi connectivity index (χ2n) is 10.3. The quantitative estimate of drug-likeness (QED) is 0.221. The lowest BCUT2D eigenvalue weighted by molar-refractivity contribution is -0.121. The van der Waals surface area contributed by atoms with Gasteiger partial charge in [0.15, 0.2) is 0 Å². The van der Waals surface area contributed by atoms with Gasteiger partial charge >= 0.3 is 0 Å². The average Bonchev–Trinajstić information content (AvgIpc) is 3.18. The largest absolute Gasteiger partial charge is 0.493 e. The van der Waals surface area contributed by atoms with Crippen molar-refractivity contribution in [3.63, 3.8) is 0 Å². The number of carbonyl (C=O) groups excluding carboxylic acids is 2. The number of hydrogen-bond donors (Lipinski definition) is 1. The van der Waals surface area contributed by atoms with Crippen molar-refractivity contribution in [1.29, 1.82) is 0 Å². The van der Waals surface area contributed by atoms with Crippen molar-refractivity contribution in [1.82, 2.24) is 5.32 Å². The van der Waals surface area contributed by atoms with Crippen molar-refractivity contribution >= 4 is 22.9 Å². The molecule has 1 heterocycles. The number of rotatable bonds is 13. The van der Waals surface area contributed by atoms with Gasteiger partial charge in [0, 0.05) is 6.42 Å². The van der Waals surface area contributed by atoms with Gasteiger partial charge in [0.25, 0.3) is 5.24 Å². The summed E-state index contributed by atoms with van der Waals surface area (Å²) >= 11 is 1.00. The number of benzene rings is 3. The van der Waals surface area contributed by atoms with E-state index in [1.165, 1.54) is 5.56 Å². The van der Waals surface area contributed by atoms with Crippen LogP contribution in [0.15, 0.2) is 66.7 Å². The summed E-state index contributed by atoms with van der Waals surface area (Å²) in [5.74, 6) is 3.56.